The van der Waals surface area contributed by atoms with Crippen molar-refractivity contribution in [1.29, 1.82) is 0 Å². The first-order valence-electron chi connectivity index (χ1n) is 12.3. The Morgan fingerprint density at radius 2 is 0.974 bits per heavy atom. The molecule has 4 aromatic rings. The molecule has 0 amide bonds. The van der Waals surface area contributed by atoms with Crippen LogP contribution in [-0.4, -0.2) is 48.3 Å². The largest absolute Gasteiger partial charge is 0.477 e. The van der Waals surface area contributed by atoms with Crippen molar-refractivity contribution in [2.45, 2.75) is 27.7 Å². The highest BCUT2D eigenvalue weighted by atomic mass is 16.4. The van der Waals surface area contributed by atoms with Gasteiger partial charge in [0.25, 0.3) is 0 Å². The van der Waals surface area contributed by atoms with E-state index < -0.39 is 23.2 Å². The van der Waals surface area contributed by atoms with E-state index in [4.69, 9.17) is 19.0 Å². The van der Waals surface area contributed by atoms with Gasteiger partial charge in [-0.25, -0.2) is 19.2 Å². The average Bonchev–Trinajstić information content (AvgIpc) is 2.89. The van der Waals surface area contributed by atoms with E-state index >= 15 is 0 Å². The van der Waals surface area contributed by atoms with E-state index in [1.165, 1.54) is 12.1 Å². The number of fused-ring (bicyclic) bond motifs is 2. The van der Waals surface area contributed by atoms with Crippen molar-refractivity contribution in [2.24, 2.45) is 0 Å². The predicted octanol–water partition coefficient (Wildman–Crippen LogP) is 4.67. The van der Waals surface area contributed by atoms with Gasteiger partial charge < -0.3 is 28.8 Å². The van der Waals surface area contributed by atoms with Gasteiger partial charge in [0.1, 0.15) is 22.3 Å². The molecule has 10 heteroatoms. The van der Waals surface area contributed by atoms with Gasteiger partial charge in [0, 0.05) is 60.5 Å². The zero-order chi connectivity index (χ0) is 28.0. The summed E-state index contributed by atoms with van der Waals surface area (Å²) in [5.74, 6) is -2.55. The van der Waals surface area contributed by atoms with E-state index in [1.807, 2.05) is 39.8 Å². The molecule has 2 aromatic carbocycles. The molecular formula is C28H30N2O8. The monoisotopic (exact) mass is 522 g/mol. The van der Waals surface area contributed by atoms with E-state index in [0.717, 1.165) is 37.6 Å². The summed E-state index contributed by atoms with van der Waals surface area (Å²) in [4.78, 5) is 49.0. The van der Waals surface area contributed by atoms with Gasteiger partial charge in [-0.05, 0) is 64.1 Å². The molecule has 0 fully saturated rings. The van der Waals surface area contributed by atoms with Gasteiger partial charge in [0.05, 0.1) is 0 Å². The highest BCUT2D eigenvalue weighted by molar-refractivity contribution is 5.93. The number of aromatic carboxylic acids is 2. The number of carboxylic acid groups (broad SMARTS) is 2. The van der Waals surface area contributed by atoms with Crippen LogP contribution >= 0.6 is 0 Å². The molecule has 2 N–H and O–H groups in total. The highest BCUT2D eigenvalue weighted by Gasteiger charge is 2.14. The molecule has 0 atom stereocenters. The van der Waals surface area contributed by atoms with Crippen molar-refractivity contribution in [1.82, 2.24) is 0 Å². The van der Waals surface area contributed by atoms with E-state index in [9.17, 15) is 19.2 Å². The molecule has 200 valence electrons. The van der Waals surface area contributed by atoms with Crippen molar-refractivity contribution >= 4 is 45.3 Å². The number of rotatable bonds is 8. The molecule has 0 unspecified atom stereocenters. The van der Waals surface area contributed by atoms with Crippen molar-refractivity contribution in [3.63, 3.8) is 0 Å². The smallest absolute Gasteiger partial charge is 0.351 e. The van der Waals surface area contributed by atoms with Crippen LogP contribution in [0.1, 0.15) is 48.4 Å². The topological polar surface area (TPSA) is 142 Å². The van der Waals surface area contributed by atoms with E-state index in [-0.39, 0.29) is 11.1 Å². The summed E-state index contributed by atoms with van der Waals surface area (Å²) in [6.07, 6.45) is 0. The van der Waals surface area contributed by atoms with Crippen molar-refractivity contribution in [3.05, 3.63) is 80.5 Å². The molecule has 0 aliphatic rings. The van der Waals surface area contributed by atoms with Gasteiger partial charge in [0.2, 0.25) is 0 Å². The zero-order valence-corrected chi connectivity index (χ0v) is 21.7. The Hall–Kier alpha value is -4.60. The molecule has 0 radical (unpaired) electrons. The van der Waals surface area contributed by atoms with E-state index in [1.54, 1.807) is 24.3 Å². The van der Waals surface area contributed by atoms with Gasteiger partial charge in [-0.3, -0.25) is 0 Å². The summed E-state index contributed by atoms with van der Waals surface area (Å²) in [5.41, 5.74) is 0.367. The van der Waals surface area contributed by atoms with Crippen LogP contribution in [0.15, 0.2) is 67.0 Å². The number of carbonyl (C=O) groups is 2. The van der Waals surface area contributed by atoms with Crippen LogP contribution in [0, 0.1) is 0 Å². The van der Waals surface area contributed by atoms with Gasteiger partial charge in [-0.15, -0.1) is 0 Å². The van der Waals surface area contributed by atoms with Crippen molar-refractivity contribution < 1.29 is 28.6 Å². The number of carboxylic acids is 2. The van der Waals surface area contributed by atoms with Crippen LogP contribution < -0.4 is 21.1 Å². The summed E-state index contributed by atoms with van der Waals surface area (Å²) in [6, 6.07) is 13.5. The maximum atomic E-state index is 11.5. The first-order valence-corrected chi connectivity index (χ1v) is 12.3. The number of benzene rings is 2. The third kappa shape index (κ3) is 6.03. The Bertz CT molecular complexity index is 1460. The van der Waals surface area contributed by atoms with Gasteiger partial charge in [0.15, 0.2) is 0 Å². The standard InChI is InChI=1S/2C14H15NO4/c2*1-3-15(4-2)10-6-5-9-7-11(13(16)17)14(18)19-12(9)8-10/h2*5-8H,3-4H2,1-2H3,(H,16,17). The van der Waals surface area contributed by atoms with Crippen LogP contribution in [0.4, 0.5) is 11.4 Å². The highest BCUT2D eigenvalue weighted by Crippen LogP contribution is 2.23. The molecule has 0 aliphatic carbocycles. The number of nitrogens with zero attached hydrogens (tertiary/aromatic N) is 2. The van der Waals surface area contributed by atoms with Crippen molar-refractivity contribution in [2.75, 3.05) is 36.0 Å². The minimum Gasteiger partial charge on any atom is -0.477 e. The van der Waals surface area contributed by atoms with Crippen LogP contribution in [-0.2, 0) is 0 Å². The minimum atomic E-state index is -1.27. The number of anilines is 2. The number of hydrogen-bond donors (Lipinski definition) is 2. The number of hydrogen-bond acceptors (Lipinski definition) is 8. The zero-order valence-electron chi connectivity index (χ0n) is 21.7. The minimum absolute atomic E-state index is 0.344. The lowest BCUT2D eigenvalue weighted by Crippen LogP contribution is -2.21. The van der Waals surface area contributed by atoms with Crippen LogP contribution in [0.3, 0.4) is 0 Å². The van der Waals surface area contributed by atoms with Crippen LogP contribution in [0.5, 0.6) is 0 Å². The summed E-state index contributed by atoms with van der Waals surface area (Å²) in [6.45, 7) is 11.5. The van der Waals surface area contributed by atoms with Crippen molar-refractivity contribution in [3.8, 4) is 0 Å². The predicted molar refractivity (Wildman–Crippen MR) is 146 cm³/mol. The Kier molecular flexibility index (Phi) is 8.90. The fourth-order valence-corrected chi connectivity index (χ4v) is 4.07. The maximum Gasteiger partial charge on any atom is 0.351 e. The maximum absolute atomic E-state index is 11.5. The quantitative estimate of drug-likeness (QED) is 0.313. The molecule has 0 spiro atoms. The SMILES string of the molecule is CCN(CC)c1ccc2cc(C(=O)O)c(=O)oc2c1.CCN(CC)c1ccc2cc(C(=O)O)c(=O)oc2c1. The summed E-state index contributed by atoms with van der Waals surface area (Å²) >= 11 is 0. The third-order valence-electron chi connectivity index (χ3n) is 6.16. The molecule has 0 aliphatic heterocycles. The van der Waals surface area contributed by atoms with Crippen LogP contribution in [0.2, 0.25) is 0 Å². The summed E-state index contributed by atoms with van der Waals surface area (Å²) in [7, 11) is 0. The van der Waals surface area contributed by atoms with Gasteiger partial charge in [-0.1, -0.05) is 0 Å². The van der Waals surface area contributed by atoms with E-state index in [0.29, 0.717) is 21.9 Å². The second-order valence-electron chi connectivity index (χ2n) is 8.29. The lowest BCUT2D eigenvalue weighted by atomic mass is 10.1. The molecular weight excluding hydrogens is 492 g/mol. The second-order valence-corrected chi connectivity index (χ2v) is 8.29. The van der Waals surface area contributed by atoms with Crippen LogP contribution in [0.25, 0.3) is 21.9 Å². The molecule has 0 bridgehead atoms. The second kappa shape index (κ2) is 12.1. The normalized spacial score (nSPS) is 10.6. The van der Waals surface area contributed by atoms with Gasteiger partial charge in [-0.2, -0.15) is 0 Å². The molecule has 2 aromatic heterocycles. The summed E-state index contributed by atoms with van der Waals surface area (Å²) < 4.78 is 10.1. The first kappa shape index (κ1) is 28.0. The fraction of sp³-hybridized carbons (Fsp3) is 0.286. The lowest BCUT2D eigenvalue weighted by molar-refractivity contribution is 0.0681. The average molecular weight is 523 g/mol. The third-order valence-corrected chi connectivity index (χ3v) is 6.16. The Labute approximate surface area is 218 Å². The Morgan fingerprint density at radius 1 is 0.632 bits per heavy atom. The first-order chi connectivity index (χ1) is 18.1. The molecule has 4 rings (SSSR count). The molecule has 0 saturated heterocycles. The van der Waals surface area contributed by atoms with Gasteiger partial charge >= 0.3 is 23.2 Å². The molecule has 0 saturated carbocycles. The Morgan fingerprint density at radius 3 is 1.26 bits per heavy atom. The summed E-state index contributed by atoms with van der Waals surface area (Å²) in [5, 5.41) is 19.0. The lowest BCUT2D eigenvalue weighted by Gasteiger charge is -2.20. The molecule has 10 nitrogen and oxygen atoms in total. The Balaban J connectivity index is 0.000000211. The fourth-order valence-electron chi connectivity index (χ4n) is 4.07. The van der Waals surface area contributed by atoms with E-state index in [2.05, 4.69) is 9.80 Å². The molecule has 2 heterocycles. The molecule has 38 heavy (non-hydrogen) atoms.